The van der Waals surface area contributed by atoms with E-state index in [4.69, 9.17) is 4.74 Å². The third-order valence-corrected chi connectivity index (χ3v) is 3.71. The average molecular weight is 334 g/mol. The SMILES string of the molecule is Cc1nccc(CNC(=O)[C@@H]2CCCCN2C(=O)OC(C)(C)C)n1. The van der Waals surface area contributed by atoms with Crippen LogP contribution in [0.2, 0.25) is 0 Å². The van der Waals surface area contributed by atoms with Gasteiger partial charge in [0.1, 0.15) is 17.5 Å². The molecule has 24 heavy (non-hydrogen) atoms. The van der Waals surface area contributed by atoms with Crippen molar-refractivity contribution in [2.24, 2.45) is 0 Å². The van der Waals surface area contributed by atoms with Crippen LogP contribution in [-0.4, -0.2) is 45.1 Å². The highest BCUT2D eigenvalue weighted by atomic mass is 16.6. The first-order valence-corrected chi connectivity index (χ1v) is 8.32. The third-order valence-electron chi connectivity index (χ3n) is 3.71. The predicted molar refractivity (Wildman–Crippen MR) is 89.2 cm³/mol. The van der Waals surface area contributed by atoms with Crippen molar-refractivity contribution >= 4 is 12.0 Å². The molecule has 0 unspecified atom stereocenters. The van der Waals surface area contributed by atoms with Crippen LogP contribution < -0.4 is 5.32 Å². The number of aryl methyl sites for hydroxylation is 1. The fraction of sp³-hybridized carbons (Fsp3) is 0.647. The lowest BCUT2D eigenvalue weighted by Gasteiger charge is -2.35. The first kappa shape index (κ1) is 18.2. The molecule has 1 aromatic rings. The average Bonchev–Trinajstić information content (AvgIpc) is 2.51. The van der Waals surface area contributed by atoms with Crippen LogP contribution in [0.1, 0.15) is 51.6 Å². The number of rotatable bonds is 3. The van der Waals surface area contributed by atoms with Gasteiger partial charge in [-0.2, -0.15) is 0 Å². The van der Waals surface area contributed by atoms with Crippen LogP contribution in [0.5, 0.6) is 0 Å². The van der Waals surface area contributed by atoms with Crippen molar-refractivity contribution in [1.29, 1.82) is 0 Å². The highest BCUT2D eigenvalue weighted by Gasteiger charge is 2.34. The number of ether oxygens (including phenoxy) is 1. The number of likely N-dealkylation sites (tertiary alicyclic amines) is 1. The van der Waals surface area contributed by atoms with Crippen molar-refractivity contribution in [1.82, 2.24) is 20.2 Å². The van der Waals surface area contributed by atoms with Gasteiger partial charge in [-0.1, -0.05) is 0 Å². The van der Waals surface area contributed by atoms with Crippen molar-refractivity contribution in [2.45, 2.75) is 65.1 Å². The minimum absolute atomic E-state index is 0.170. The van der Waals surface area contributed by atoms with Gasteiger partial charge in [0, 0.05) is 12.7 Å². The number of carbonyl (C=O) groups is 2. The molecule has 132 valence electrons. The fourth-order valence-corrected chi connectivity index (χ4v) is 2.64. The van der Waals surface area contributed by atoms with Gasteiger partial charge in [-0.3, -0.25) is 9.69 Å². The molecule has 2 amide bonds. The number of hydrogen-bond acceptors (Lipinski definition) is 5. The zero-order chi connectivity index (χ0) is 17.7. The Hall–Kier alpha value is -2.18. The second kappa shape index (κ2) is 7.59. The van der Waals surface area contributed by atoms with Crippen molar-refractivity contribution in [3.05, 3.63) is 23.8 Å². The largest absolute Gasteiger partial charge is 0.444 e. The lowest BCUT2D eigenvalue weighted by atomic mass is 10.0. The van der Waals surface area contributed by atoms with Gasteiger partial charge in [-0.25, -0.2) is 14.8 Å². The van der Waals surface area contributed by atoms with Crippen LogP contribution >= 0.6 is 0 Å². The molecule has 0 saturated carbocycles. The van der Waals surface area contributed by atoms with E-state index >= 15 is 0 Å². The molecular weight excluding hydrogens is 308 g/mol. The second-order valence-corrected chi connectivity index (χ2v) is 7.00. The maximum Gasteiger partial charge on any atom is 0.410 e. The molecule has 0 aromatic carbocycles. The van der Waals surface area contributed by atoms with Gasteiger partial charge in [0.05, 0.1) is 12.2 Å². The molecule has 1 N–H and O–H groups in total. The van der Waals surface area contributed by atoms with E-state index in [0.717, 1.165) is 18.5 Å². The Morgan fingerprint density at radius 3 is 2.79 bits per heavy atom. The lowest BCUT2D eigenvalue weighted by molar-refractivity contribution is -0.127. The van der Waals surface area contributed by atoms with E-state index in [1.54, 1.807) is 19.2 Å². The summed E-state index contributed by atoms with van der Waals surface area (Å²) in [5.74, 6) is 0.492. The van der Waals surface area contributed by atoms with Crippen LogP contribution in [0.15, 0.2) is 12.3 Å². The normalized spacial score (nSPS) is 18.2. The smallest absolute Gasteiger partial charge is 0.410 e. The van der Waals surface area contributed by atoms with Gasteiger partial charge < -0.3 is 10.1 Å². The quantitative estimate of drug-likeness (QED) is 0.916. The van der Waals surface area contributed by atoms with Crippen LogP contribution in [0.25, 0.3) is 0 Å². The summed E-state index contributed by atoms with van der Waals surface area (Å²) in [6, 6.07) is 1.27. The van der Waals surface area contributed by atoms with E-state index in [9.17, 15) is 9.59 Å². The van der Waals surface area contributed by atoms with Crippen molar-refractivity contribution in [3.63, 3.8) is 0 Å². The van der Waals surface area contributed by atoms with Crippen molar-refractivity contribution < 1.29 is 14.3 Å². The van der Waals surface area contributed by atoms with E-state index in [-0.39, 0.29) is 5.91 Å². The molecule has 2 heterocycles. The molecule has 0 radical (unpaired) electrons. The Bertz CT molecular complexity index is 598. The summed E-state index contributed by atoms with van der Waals surface area (Å²) in [5, 5.41) is 2.86. The third kappa shape index (κ3) is 5.18. The monoisotopic (exact) mass is 334 g/mol. The van der Waals surface area contributed by atoms with Crippen molar-refractivity contribution in [3.8, 4) is 0 Å². The Morgan fingerprint density at radius 1 is 1.38 bits per heavy atom. The lowest BCUT2D eigenvalue weighted by Crippen LogP contribution is -2.53. The minimum atomic E-state index is -0.575. The maximum atomic E-state index is 12.5. The van der Waals surface area contributed by atoms with E-state index in [1.807, 2.05) is 20.8 Å². The van der Waals surface area contributed by atoms with Crippen LogP contribution in [-0.2, 0) is 16.1 Å². The summed E-state index contributed by atoms with van der Waals surface area (Å²) in [6.45, 7) is 8.13. The molecule has 7 nitrogen and oxygen atoms in total. The molecular formula is C17H26N4O3. The second-order valence-electron chi connectivity index (χ2n) is 7.00. The predicted octanol–water partition coefficient (Wildman–Crippen LogP) is 2.19. The van der Waals surface area contributed by atoms with Gasteiger partial charge in [-0.05, 0) is 53.0 Å². The summed E-state index contributed by atoms with van der Waals surface area (Å²) in [4.78, 5) is 34.7. The summed E-state index contributed by atoms with van der Waals surface area (Å²) < 4.78 is 5.42. The highest BCUT2D eigenvalue weighted by molar-refractivity contribution is 5.85. The molecule has 1 saturated heterocycles. The van der Waals surface area contributed by atoms with Gasteiger partial charge >= 0.3 is 6.09 Å². The molecule has 7 heteroatoms. The van der Waals surface area contributed by atoms with Gasteiger partial charge in [0.2, 0.25) is 5.91 Å². The van der Waals surface area contributed by atoms with Crippen LogP contribution in [0.4, 0.5) is 4.79 Å². The summed E-state index contributed by atoms with van der Waals surface area (Å²) in [7, 11) is 0. The first-order valence-electron chi connectivity index (χ1n) is 8.32. The zero-order valence-corrected chi connectivity index (χ0v) is 14.8. The van der Waals surface area contributed by atoms with E-state index in [0.29, 0.717) is 25.3 Å². The van der Waals surface area contributed by atoms with E-state index in [1.165, 1.54) is 4.90 Å². The number of nitrogens with one attached hydrogen (secondary N) is 1. The van der Waals surface area contributed by atoms with Gasteiger partial charge in [0.25, 0.3) is 0 Å². The van der Waals surface area contributed by atoms with E-state index in [2.05, 4.69) is 15.3 Å². The Kier molecular flexibility index (Phi) is 5.75. The Balaban J connectivity index is 1.98. The number of piperidine rings is 1. The molecule has 1 fully saturated rings. The number of aromatic nitrogens is 2. The number of amides is 2. The van der Waals surface area contributed by atoms with E-state index < -0.39 is 17.7 Å². The standard InChI is InChI=1S/C17H26N4O3/c1-12-18-9-8-13(20-12)11-19-15(22)14-7-5-6-10-21(14)16(23)24-17(2,3)4/h8-9,14H,5-7,10-11H2,1-4H3,(H,19,22)/t14-/m0/s1. The molecule has 0 spiro atoms. The van der Waals surface area contributed by atoms with Crippen LogP contribution in [0.3, 0.4) is 0 Å². The summed E-state index contributed by atoms with van der Waals surface area (Å²) in [6.07, 6.45) is 3.68. The summed E-state index contributed by atoms with van der Waals surface area (Å²) in [5.41, 5.74) is 0.170. The summed E-state index contributed by atoms with van der Waals surface area (Å²) >= 11 is 0. The molecule has 1 aliphatic rings. The van der Waals surface area contributed by atoms with Crippen LogP contribution in [0, 0.1) is 6.92 Å². The fourth-order valence-electron chi connectivity index (χ4n) is 2.64. The Labute approximate surface area is 142 Å². The first-order chi connectivity index (χ1) is 11.3. The maximum absolute atomic E-state index is 12.5. The highest BCUT2D eigenvalue weighted by Crippen LogP contribution is 2.20. The topological polar surface area (TPSA) is 84.4 Å². The molecule has 2 rings (SSSR count). The number of nitrogens with zero attached hydrogens (tertiary/aromatic N) is 3. The molecule has 1 atom stereocenters. The van der Waals surface area contributed by atoms with Gasteiger partial charge in [-0.15, -0.1) is 0 Å². The van der Waals surface area contributed by atoms with Gasteiger partial charge in [0.15, 0.2) is 0 Å². The molecule has 1 aliphatic heterocycles. The van der Waals surface area contributed by atoms with Crippen molar-refractivity contribution in [2.75, 3.05) is 6.54 Å². The zero-order valence-electron chi connectivity index (χ0n) is 14.8. The molecule has 0 aliphatic carbocycles. The number of hydrogen-bond donors (Lipinski definition) is 1. The molecule has 0 bridgehead atoms. The molecule has 1 aromatic heterocycles. The number of carbonyl (C=O) groups excluding carboxylic acids is 2. The minimum Gasteiger partial charge on any atom is -0.444 e. The Morgan fingerprint density at radius 2 is 2.12 bits per heavy atom.